The molecule has 4 saturated heterocycles. The fourth-order valence-corrected chi connectivity index (χ4v) is 17.4. The van der Waals surface area contributed by atoms with Gasteiger partial charge in [0.1, 0.15) is 104 Å². The quantitative estimate of drug-likeness (QED) is 0.0171. The van der Waals surface area contributed by atoms with E-state index >= 15 is 28.8 Å². The van der Waals surface area contributed by atoms with Crippen LogP contribution in [0.5, 0.6) is 92.0 Å². The van der Waals surface area contributed by atoms with E-state index in [-0.39, 0.29) is 147 Å². The molecule has 23 rings (SSSR count). The number of imide groups is 2. The third-order valence-electron chi connectivity index (χ3n) is 23.7. The van der Waals surface area contributed by atoms with Crippen molar-refractivity contribution in [3.05, 3.63) is 360 Å². The zero-order valence-electron chi connectivity index (χ0n) is 69.9. The molecule has 13 aromatic carbocycles. The number of furan rings is 2. The van der Waals surface area contributed by atoms with Crippen LogP contribution >= 0.6 is 0 Å². The van der Waals surface area contributed by atoms with E-state index in [1.54, 1.807) is 133 Å². The number of hydrogen-bond donors (Lipinski definition) is 2. The summed E-state index contributed by atoms with van der Waals surface area (Å²) in [7, 11) is 0. The summed E-state index contributed by atoms with van der Waals surface area (Å²) in [5, 5.41) is 6.66. The molecule has 0 aliphatic carbocycles. The van der Waals surface area contributed by atoms with Gasteiger partial charge in [-0.15, -0.1) is 0 Å². The maximum absolute atomic E-state index is 16.9. The van der Waals surface area contributed by atoms with Crippen molar-refractivity contribution in [2.45, 2.75) is 62.2 Å². The van der Waals surface area contributed by atoms with Crippen LogP contribution in [0, 0.1) is 0 Å². The minimum Gasteiger partial charge on any atom is -0.467 e. The van der Waals surface area contributed by atoms with Crippen LogP contribution in [0.4, 0.5) is 11.4 Å². The van der Waals surface area contributed by atoms with Gasteiger partial charge in [0.05, 0.1) is 85.6 Å². The van der Waals surface area contributed by atoms with E-state index in [4.69, 9.17) is 65.7 Å². The third kappa shape index (κ3) is 16.2. The van der Waals surface area contributed by atoms with Gasteiger partial charge in [-0.25, -0.2) is 0 Å². The molecular weight excluding hydrogens is 1680 g/mol. The van der Waals surface area contributed by atoms with Crippen molar-refractivity contribution in [1.82, 2.24) is 19.8 Å². The summed E-state index contributed by atoms with van der Waals surface area (Å²) in [6.07, 6.45) is 11.9. The molecule has 132 heavy (non-hydrogen) atoms. The molecule has 0 saturated carbocycles. The highest BCUT2D eigenvalue weighted by molar-refractivity contribution is 6.45. The van der Waals surface area contributed by atoms with Crippen molar-refractivity contribution in [2.24, 2.45) is 0 Å². The first kappa shape index (κ1) is 80.1. The number of ether oxygens (including phenoxy) is 12. The molecule has 10 heterocycles. The predicted octanol–water partition coefficient (Wildman–Crippen LogP) is 21.8. The fraction of sp³-hybridized carbons (Fsp3) is 0.132. The summed E-state index contributed by atoms with van der Waals surface area (Å²) in [6, 6.07) is 73.0. The van der Waals surface area contributed by atoms with Crippen LogP contribution in [-0.4, -0.2) is 106 Å². The third-order valence-corrected chi connectivity index (χ3v) is 23.7. The lowest BCUT2D eigenvalue weighted by molar-refractivity contribution is -0.121. The van der Waals surface area contributed by atoms with E-state index < -0.39 is 47.5 Å². The molecule has 6 aliphatic rings. The Labute approximate surface area is 751 Å². The van der Waals surface area contributed by atoms with Crippen molar-refractivity contribution in [2.75, 3.05) is 37.1 Å². The molecule has 4 aromatic heterocycles. The Balaban J connectivity index is 0.782. The van der Waals surface area contributed by atoms with Gasteiger partial charge < -0.3 is 76.3 Å². The summed E-state index contributed by atoms with van der Waals surface area (Å²) in [5.74, 6) is -1.18. The van der Waals surface area contributed by atoms with Crippen LogP contribution in [0.2, 0.25) is 0 Å². The predicted molar refractivity (Wildman–Crippen MR) is 483 cm³/mol. The number of nitrogens with zero attached hydrogens (tertiary/aromatic N) is 4. The second kappa shape index (κ2) is 33.6. The van der Waals surface area contributed by atoms with Gasteiger partial charge in [-0.3, -0.25) is 48.5 Å². The summed E-state index contributed by atoms with van der Waals surface area (Å²) >= 11 is 0. The zero-order valence-corrected chi connectivity index (χ0v) is 69.9. The topological polar surface area (TPSA) is 309 Å². The maximum Gasteiger partial charge on any atom is 0.262 e. The first-order valence-electron chi connectivity index (χ1n) is 43.0. The van der Waals surface area contributed by atoms with E-state index in [1.807, 2.05) is 97.1 Å². The normalized spacial score (nSPS) is 16.7. The van der Waals surface area contributed by atoms with Gasteiger partial charge in [0.25, 0.3) is 35.4 Å². The molecule has 6 aliphatic heterocycles. The number of epoxide rings is 4. The Morgan fingerprint density at radius 3 is 0.780 bits per heavy atom. The Morgan fingerprint density at radius 1 is 0.295 bits per heavy atom. The highest BCUT2D eigenvalue weighted by atomic mass is 16.6. The second-order valence-corrected chi connectivity index (χ2v) is 32.9. The second-order valence-electron chi connectivity index (χ2n) is 32.9. The lowest BCUT2D eigenvalue weighted by atomic mass is 9.80. The summed E-state index contributed by atoms with van der Waals surface area (Å²) in [5.41, 5.74) is 4.09. The molecule has 648 valence electrons. The standard InChI is InChI=1S/C106H74N6O20/c113-101(109-63-33-37-107-38-34-63)99(85-15-5-41-119-85)111-103(115)81-51-87(129-69-25-17-65(18-26-69)125-73-11-1-7-59(43-73)47-77-55-121-77)93-94-88(130-70-27-19-66(20-28-70)126-74-12-2-8-60(44-74)48-78-56-122-78)52-83-92-84(106(118)112(105(83)117)100(86-16-6-42-120-86)102(114)110-64-35-39-108-40-36-64)54-90(132-72-31-23-68(24-32-72)128-76-14-4-10-62(46-76)50-80-58-124-80)96(98(92)94)95-89(53-82(104(111)116)91(81)97(93)95)131-71-29-21-67(22-30-71)127-75-13-3-9-61(45-75)49-79-57-123-79/h1-46,51-54,77-80,99-100H,47-50,55-58H2,(H,107,109,113)(H,108,110,114). The van der Waals surface area contributed by atoms with Gasteiger partial charge in [0.2, 0.25) is 0 Å². The molecule has 0 radical (unpaired) electrons. The van der Waals surface area contributed by atoms with E-state index in [1.165, 1.54) is 73.7 Å². The number of benzene rings is 13. The smallest absolute Gasteiger partial charge is 0.262 e. The maximum atomic E-state index is 16.9. The summed E-state index contributed by atoms with van der Waals surface area (Å²) in [4.78, 5) is 109. The molecule has 26 nitrogen and oxygen atoms in total. The Bertz CT molecular complexity index is 6620. The first-order chi connectivity index (χ1) is 64.8. The van der Waals surface area contributed by atoms with Crippen LogP contribution in [0.15, 0.2) is 313 Å². The number of anilines is 2. The van der Waals surface area contributed by atoms with Gasteiger partial charge in [-0.1, -0.05) is 48.5 Å². The van der Waals surface area contributed by atoms with E-state index in [9.17, 15) is 0 Å². The zero-order chi connectivity index (χ0) is 88.6. The molecule has 2 N–H and O–H groups in total. The highest BCUT2D eigenvalue weighted by Crippen LogP contribution is 2.59. The monoisotopic (exact) mass is 1750 g/mol. The number of hydrogen-bond acceptors (Lipinski definition) is 22. The Morgan fingerprint density at radius 2 is 0.545 bits per heavy atom. The van der Waals surface area contributed by atoms with E-state index in [2.05, 4.69) is 20.6 Å². The van der Waals surface area contributed by atoms with Crippen LogP contribution in [0.3, 0.4) is 0 Å². The SMILES string of the molecule is O=C(Nc1ccncc1)C(c1ccco1)N1C(=O)c2cc(Oc3ccc(Oc4cccc(CC5CO5)c4)cc3)c3c4c(Oc5ccc(Oc6cccc(CC7CO7)c6)cc5)cc5c6c(cc(Oc7ccc(Oc8cccc(CC9CO9)c8)cc7)c(c7c(Oc8ccc(Oc9cccc(CC%10CO%10)c9)cc8)cc(c2c37)C1=O)c64)C(=O)N(C(C(=O)Nc1ccncc1)c1ccco1)C5=O. The Hall–Kier alpha value is -16.5. The molecule has 6 unspecified atom stereocenters. The van der Waals surface area contributed by atoms with E-state index in [0.717, 1.165) is 32.1 Å². The lowest BCUT2D eigenvalue weighted by Gasteiger charge is -2.35. The molecule has 4 fully saturated rings. The van der Waals surface area contributed by atoms with Gasteiger partial charge >= 0.3 is 0 Å². The number of pyridine rings is 2. The highest BCUT2D eigenvalue weighted by Gasteiger charge is 2.49. The average molecular weight is 1750 g/mol. The van der Waals surface area contributed by atoms with Crippen molar-refractivity contribution in [3.8, 4) is 92.0 Å². The van der Waals surface area contributed by atoms with Gasteiger partial charge in [0, 0.05) is 105 Å². The van der Waals surface area contributed by atoms with Crippen LogP contribution in [0.1, 0.15) is 87.3 Å². The molecule has 6 atom stereocenters. The molecular formula is C106H74N6O20. The number of fused-ring (bicyclic) bond motifs is 2. The average Bonchev–Trinajstić information content (AvgIpc) is 1.47. The Kier molecular flexibility index (Phi) is 20.4. The van der Waals surface area contributed by atoms with Crippen LogP contribution in [-0.2, 0) is 54.2 Å². The molecule has 0 spiro atoms. The molecule has 0 bridgehead atoms. The van der Waals surface area contributed by atoms with E-state index in [0.29, 0.717) is 109 Å². The number of rotatable bonds is 32. The number of aromatic nitrogens is 2. The summed E-state index contributed by atoms with van der Waals surface area (Å²) < 4.78 is 90.3. The minimum absolute atomic E-state index is 0.0402. The van der Waals surface area contributed by atoms with Crippen molar-refractivity contribution < 1.29 is 94.4 Å². The molecule has 17 aromatic rings. The number of nitrogens with one attached hydrogen (secondary N) is 2. The van der Waals surface area contributed by atoms with Gasteiger partial charge in [0.15, 0.2) is 12.1 Å². The van der Waals surface area contributed by atoms with Crippen LogP contribution in [0.25, 0.3) is 43.1 Å². The van der Waals surface area contributed by atoms with Crippen molar-refractivity contribution in [3.63, 3.8) is 0 Å². The van der Waals surface area contributed by atoms with Gasteiger partial charge in [-0.2, -0.15) is 0 Å². The largest absolute Gasteiger partial charge is 0.467 e. The minimum atomic E-state index is -1.79. The van der Waals surface area contributed by atoms with Crippen molar-refractivity contribution >= 4 is 89.9 Å². The summed E-state index contributed by atoms with van der Waals surface area (Å²) in [6.45, 7) is 2.71. The van der Waals surface area contributed by atoms with Crippen molar-refractivity contribution in [1.29, 1.82) is 0 Å². The lowest BCUT2D eigenvalue weighted by Crippen LogP contribution is -2.47. The number of carbonyl (C=O) groups is 6. The molecule has 6 amide bonds. The van der Waals surface area contributed by atoms with Gasteiger partial charge in [-0.05, 0) is 241 Å². The fourth-order valence-electron chi connectivity index (χ4n) is 17.4. The van der Waals surface area contributed by atoms with Crippen LogP contribution < -0.4 is 48.5 Å². The molecule has 26 heteroatoms. The first-order valence-corrected chi connectivity index (χ1v) is 43.0. The number of carbonyl (C=O) groups excluding carboxylic acids is 6. The number of amides is 6.